The van der Waals surface area contributed by atoms with Gasteiger partial charge in [0.1, 0.15) is 11.8 Å². The second-order valence-electron chi connectivity index (χ2n) is 10.4. The number of phenolic OH excluding ortho intramolecular Hbond substituents is 1. The lowest BCUT2D eigenvalue weighted by atomic mass is 9.47. The Labute approximate surface area is 208 Å². The Morgan fingerprint density at radius 3 is 2.75 bits per heavy atom. The van der Waals surface area contributed by atoms with Crippen molar-refractivity contribution in [2.75, 3.05) is 0 Å². The number of ether oxygens (including phenoxy) is 2. The predicted octanol–water partition coefficient (Wildman–Crippen LogP) is 2.55. The number of aliphatic hydroxyl groups excluding tert-OH is 1. The van der Waals surface area contributed by atoms with E-state index in [9.17, 15) is 24.9 Å². The summed E-state index contributed by atoms with van der Waals surface area (Å²) in [5.41, 5.74) is 0.443. The van der Waals surface area contributed by atoms with Crippen LogP contribution >= 0.6 is 0 Å². The van der Waals surface area contributed by atoms with Crippen LogP contribution in [-0.2, 0) is 26.2 Å². The minimum atomic E-state index is -1.42. The van der Waals surface area contributed by atoms with E-state index in [1.165, 1.54) is 6.92 Å². The number of nitrogens with one attached hydrogen (secondary N) is 1. The quantitative estimate of drug-likeness (QED) is 0.474. The molecule has 0 saturated heterocycles. The number of carbonyl (C=O) groups is 2. The van der Waals surface area contributed by atoms with E-state index in [2.05, 4.69) is 5.32 Å². The van der Waals surface area contributed by atoms with Crippen molar-refractivity contribution in [3.63, 3.8) is 0 Å². The van der Waals surface area contributed by atoms with Crippen LogP contribution < -0.4 is 10.1 Å². The molecule has 1 saturated carbocycles. The number of carbonyl (C=O) groups excluding carboxylic acids is 2. The lowest BCUT2D eigenvalue weighted by Gasteiger charge is -2.59. The molecule has 2 aromatic rings. The number of rotatable bonds is 5. The molecule has 8 nitrogen and oxygen atoms in total. The van der Waals surface area contributed by atoms with Gasteiger partial charge in [0.15, 0.2) is 23.7 Å². The molecule has 1 amide bonds. The van der Waals surface area contributed by atoms with Crippen molar-refractivity contribution in [3.05, 3.63) is 71.0 Å². The molecule has 3 aliphatic carbocycles. The summed E-state index contributed by atoms with van der Waals surface area (Å²) in [6.07, 6.45) is 3.00. The van der Waals surface area contributed by atoms with E-state index in [1.807, 2.05) is 6.07 Å². The molecule has 0 radical (unpaired) electrons. The van der Waals surface area contributed by atoms with Crippen molar-refractivity contribution in [1.29, 1.82) is 0 Å². The summed E-state index contributed by atoms with van der Waals surface area (Å²) in [5.74, 6) is -0.732. The van der Waals surface area contributed by atoms with Crippen LogP contribution in [0.15, 0.2) is 54.3 Å². The molecule has 188 valence electrons. The van der Waals surface area contributed by atoms with Gasteiger partial charge < -0.3 is 30.1 Å². The van der Waals surface area contributed by atoms with Crippen LogP contribution in [0.3, 0.4) is 0 Å². The Morgan fingerprint density at radius 1 is 1.19 bits per heavy atom. The van der Waals surface area contributed by atoms with E-state index in [0.29, 0.717) is 30.6 Å². The van der Waals surface area contributed by atoms with Gasteiger partial charge in [-0.2, -0.15) is 0 Å². The molecule has 2 bridgehead atoms. The maximum absolute atomic E-state index is 13.0. The van der Waals surface area contributed by atoms with Crippen molar-refractivity contribution in [3.8, 4) is 11.5 Å². The van der Waals surface area contributed by atoms with E-state index in [1.54, 1.807) is 42.5 Å². The molecule has 2 aromatic carbocycles. The molecule has 4 N–H and O–H groups in total. The van der Waals surface area contributed by atoms with Crippen LogP contribution in [0, 0.1) is 5.92 Å². The van der Waals surface area contributed by atoms with E-state index in [0.717, 1.165) is 24.0 Å². The van der Waals surface area contributed by atoms with Gasteiger partial charge in [-0.05, 0) is 61.8 Å². The zero-order valence-electron chi connectivity index (χ0n) is 19.9. The first-order valence-corrected chi connectivity index (χ1v) is 12.5. The second-order valence-corrected chi connectivity index (χ2v) is 10.4. The zero-order valence-corrected chi connectivity index (χ0v) is 19.9. The summed E-state index contributed by atoms with van der Waals surface area (Å²) in [4.78, 5) is 25.5. The van der Waals surface area contributed by atoms with Gasteiger partial charge in [0, 0.05) is 5.56 Å². The number of esters is 1. The van der Waals surface area contributed by atoms with Gasteiger partial charge in [0.2, 0.25) is 0 Å². The highest BCUT2D eigenvalue weighted by Gasteiger charge is 2.70. The van der Waals surface area contributed by atoms with E-state index in [4.69, 9.17) is 9.47 Å². The number of benzene rings is 2. The first kappa shape index (κ1) is 23.1. The van der Waals surface area contributed by atoms with E-state index >= 15 is 0 Å². The fraction of sp³-hybridized carbons (Fsp3) is 0.429. The number of aromatic hydroxyl groups is 1. The van der Waals surface area contributed by atoms with Crippen molar-refractivity contribution < 1.29 is 34.4 Å². The van der Waals surface area contributed by atoms with Gasteiger partial charge in [0.25, 0.3) is 5.91 Å². The molecule has 1 fully saturated rings. The summed E-state index contributed by atoms with van der Waals surface area (Å²) in [7, 11) is 0. The van der Waals surface area contributed by atoms with Crippen LogP contribution in [0.2, 0.25) is 0 Å². The number of phenols is 1. The average molecular weight is 492 g/mol. The third-order valence-electron chi connectivity index (χ3n) is 8.56. The highest BCUT2D eigenvalue weighted by Crippen LogP contribution is 2.67. The Morgan fingerprint density at radius 2 is 1.97 bits per heavy atom. The third kappa shape index (κ3) is 3.07. The summed E-state index contributed by atoms with van der Waals surface area (Å²) < 4.78 is 12.0. The molecule has 1 heterocycles. The van der Waals surface area contributed by atoms with Crippen LogP contribution in [-0.4, -0.2) is 44.9 Å². The molecule has 4 aliphatic rings. The molecule has 6 rings (SSSR count). The lowest BCUT2D eigenvalue weighted by Crippen LogP contribution is -2.67. The largest absolute Gasteiger partial charge is 0.504 e. The predicted molar refractivity (Wildman–Crippen MR) is 128 cm³/mol. The standard InChI is InChI=1S/C28H29NO7/c1-15(29-25(32)22(31)16-6-3-2-4-7-16)26(33)35-20-11-13-28(34)18-8-5-12-27(28)21-17(14-18)9-10-19(30)23(21)36-24(20)27/h2-4,6-7,9-11,15,18,22,24,30-31,34H,5,8,12-14H2,1H3,(H,29,32)/t15-,18+,22-,24-,27-,28+/m0/s1. The molecular weight excluding hydrogens is 462 g/mol. The van der Waals surface area contributed by atoms with Gasteiger partial charge in [-0.3, -0.25) is 4.79 Å². The van der Waals surface area contributed by atoms with Crippen LogP contribution in [0.4, 0.5) is 0 Å². The summed E-state index contributed by atoms with van der Waals surface area (Å²) in [6, 6.07) is 10.9. The molecule has 1 spiro atoms. The van der Waals surface area contributed by atoms with Gasteiger partial charge >= 0.3 is 5.97 Å². The molecule has 1 aliphatic heterocycles. The Kier molecular flexibility index (Phi) is 5.18. The van der Waals surface area contributed by atoms with Gasteiger partial charge in [-0.15, -0.1) is 0 Å². The maximum Gasteiger partial charge on any atom is 0.333 e. The maximum atomic E-state index is 13.0. The first-order chi connectivity index (χ1) is 17.3. The van der Waals surface area contributed by atoms with Crippen molar-refractivity contribution in [1.82, 2.24) is 5.32 Å². The average Bonchev–Trinajstić information content (AvgIpc) is 3.22. The van der Waals surface area contributed by atoms with Crippen LogP contribution in [0.5, 0.6) is 11.5 Å². The number of hydrogen-bond acceptors (Lipinski definition) is 7. The SMILES string of the molecule is C[C@H](NC(=O)[C@@H](O)c1ccccc1)C(=O)OC1=CC[C@@]2(O)[C@@H]3CCC[C@@]24c2c(ccc(O)c2O[C@@H]14)C3. The van der Waals surface area contributed by atoms with E-state index in [-0.39, 0.29) is 17.4 Å². The normalized spacial score (nSPS) is 30.8. The monoisotopic (exact) mass is 491 g/mol. The molecule has 36 heavy (non-hydrogen) atoms. The molecule has 0 aromatic heterocycles. The van der Waals surface area contributed by atoms with Gasteiger partial charge in [0.05, 0.1) is 11.0 Å². The van der Waals surface area contributed by atoms with Crippen LogP contribution in [0.25, 0.3) is 0 Å². The number of hydrogen-bond donors (Lipinski definition) is 4. The minimum absolute atomic E-state index is 0.00473. The Hall–Kier alpha value is -3.36. The highest BCUT2D eigenvalue weighted by molar-refractivity contribution is 5.87. The molecular formula is C28H29NO7. The van der Waals surface area contributed by atoms with Crippen LogP contribution in [0.1, 0.15) is 55.4 Å². The Balaban J connectivity index is 1.25. The molecule has 8 heteroatoms. The fourth-order valence-corrected chi connectivity index (χ4v) is 6.87. The second kappa shape index (κ2) is 8.08. The van der Waals surface area contributed by atoms with Gasteiger partial charge in [-0.25, -0.2) is 4.79 Å². The lowest BCUT2D eigenvalue weighted by molar-refractivity contribution is -0.161. The molecule has 6 atom stereocenters. The number of aliphatic hydroxyl groups is 2. The minimum Gasteiger partial charge on any atom is -0.504 e. The molecule has 0 unspecified atom stereocenters. The summed E-state index contributed by atoms with van der Waals surface area (Å²) >= 11 is 0. The smallest absolute Gasteiger partial charge is 0.333 e. The van der Waals surface area contributed by atoms with Crippen molar-refractivity contribution in [2.24, 2.45) is 5.92 Å². The Bertz CT molecular complexity index is 1270. The fourth-order valence-electron chi connectivity index (χ4n) is 6.87. The third-order valence-corrected chi connectivity index (χ3v) is 8.56. The first-order valence-electron chi connectivity index (χ1n) is 12.5. The number of amides is 1. The van der Waals surface area contributed by atoms with Crippen molar-refractivity contribution in [2.45, 2.75) is 68.3 Å². The topological polar surface area (TPSA) is 125 Å². The highest BCUT2D eigenvalue weighted by atomic mass is 16.6. The van der Waals surface area contributed by atoms with E-state index < -0.39 is 41.1 Å². The van der Waals surface area contributed by atoms with Crippen molar-refractivity contribution >= 4 is 11.9 Å². The zero-order chi connectivity index (χ0) is 25.2. The summed E-state index contributed by atoms with van der Waals surface area (Å²) in [5, 5.41) is 35.4. The van der Waals surface area contributed by atoms with Gasteiger partial charge in [-0.1, -0.05) is 42.8 Å². The summed E-state index contributed by atoms with van der Waals surface area (Å²) in [6.45, 7) is 1.49.